The van der Waals surface area contributed by atoms with E-state index in [9.17, 15) is 8.42 Å². The Bertz CT molecular complexity index is 547. The molecule has 1 N–H and O–H groups in total. The van der Waals surface area contributed by atoms with E-state index in [2.05, 4.69) is 4.72 Å². The lowest BCUT2D eigenvalue weighted by molar-refractivity contribution is 0.398. The molecule has 108 valence electrons. The molecule has 0 radical (unpaired) electrons. The van der Waals surface area contributed by atoms with Crippen LogP contribution in [0.25, 0.3) is 0 Å². The van der Waals surface area contributed by atoms with Crippen LogP contribution >= 0.6 is 23.2 Å². The smallest absolute Gasteiger partial charge is 0.195 e. The Kier molecular flexibility index (Phi) is 5.65. The van der Waals surface area contributed by atoms with Crippen molar-refractivity contribution in [2.24, 2.45) is 0 Å². The zero-order chi connectivity index (χ0) is 14.8. The average molecular weight is 325 g/mol. The van der Waals surface area contributed by atoms with E-state index in [1.54, 1.807) is 39.0 Å². The van der Waals surface area contributed by atoms with Crippen LogP contribution in [0.3, 0.4) is 0 Å². The van der Waals surface area contributed by atoms with Crippen LogP contribution in [-0.2, 0) is 10.2 Å². The third kappa shape index (κ3) is 4.33. The van der Waals surface area contributed by atoms with E-state index in [1.165, 1.54) is 11.4 Å². The summed E-state index contributed by atoms with van der Waals surface area (Å²) in [6.45, 7) is 5.35. The first-order valence-corrected chi connectivity index (χ1v) is 8.05. The molecule has 1 atom stereocenters. The zero-order valence-corrected chi connectivity index (χ0v) is 13.6. The van der Waals surface area contributed by atoms with Crippen LogP contribution in [0.1, 0.15) is 32.4 Å². The summed E-state index contributed by atoms with van der Waals surface area (Å²) in [6.07, 6.45) is 0. The molecule has 0 aliphatic carbocycles. The van der Waals surface area contributed by atoms with E-state index in [0.717, 1.165) is 0 Å². The number of hydrogen-bond donors (Lipinski definition) is 1. The van der Waals surface area contributed by atoms with Gasteiger partial charge in [0, 0.05) is 29.2 Å². The molecule has 1 aromatic carbocycles. The molecule has 0 bridgehead atoms. The molecule has 19 heavy (non-hydrogen) atoms. The first kappa shape index (κ1) is 16.7. The second-order valence-electron chi connectivity index (χ2n) is 4.62. The third-order valence-corrected chi connectivity index (χ3v) is 5.25. The first-order valence-electron chi connectivity index (χ1n) is 5.85. The minimum absolute atomic E-state index is 0.120. The fourth-order valence-corrected chi connectivity index (χ4v) is 3.37. The number of hydrogen-bond acceptors (Lipinski definition) is 2. The van der Waals surface area contributed by atoms with Crippen LogP contribution in [0, 0.1) is 0 Å². The molecule has 0 aliphatic heterocycles. The molecule has 1 aromatic rings. The summed E-state index contributed by atoms with van der Waals surface area (Å²) in [5.41, 5.74) is 0.687. The van der Waals surface area contributed by atoms with Gasteiger partial charge < -0.3 is 0 Å². The van der Waals surface area contributed by atoms with E-state index in [0.29, 0.717) is 15.6 Å². The standard InChI is InChI=1S/C12H18Cl2N2O2S/c1-8(2)16(4)19(17,18)15-9(3)11-6-5-10(13)7-12(11)14/h5-9,15H,1-4H3/t9-/m0/s1. The molecular weight excluding hydrogens is 307 g/mol. The highest BCUT2D eigenvalue weighted by Crippen LogP contribution is 2.26. The molecule has 0 amide bonds. The molecule has 7 heteroatoms. The van der Waals surface area contributed by atoms with Crippen LogP contribution in [0.15, 0.2) is 18.2 Å². The largest absolute Gasteiger partial charge is 0.279 e. The molecule has 0 saturated carbocycles. The highest BCUT2D eigenvalue weighted by atomic mass is 35.5. The van der Waals surface area contributed by atoms with Crippen molar-refractivity contribution >= 4 is 33.4 Å². The number of nitrogens with zero attached hydrogens (tertiary/aromatic N) is 1. The molecule has 0 aliphatic rings. The van der Waals surface area contributed by atoms with Gasteiger partial charge in [-0.15, -0.1) is 0 Å². The van der Waals surface area contributed by atoms with Gasteiger partial charge in [0.25, 0.3) is 10.2 Å². The summed E-state index contributed by atoms with van der Waals surface area (Å²) in [6, 6.07) is 4.43. The van der Waals surface area contributed by atoms with Gasteiger partial charge in [0.1, 0.15) is 0 Å². The predicted molar refractivity (Wildman–Crippen MR) is 79.8 cm³/mol. The van der Waals surface area contributed by atoms with Gasteiger partial charge in [0.2, 0.25) is 0 Å². The minimum atomic E-state index is -3.54. The number of rotatable bonds is 5. The lowest BCUT2D eigenvalue weighted by Crippen LogP contribution is -2.42. The SMILES string of the molecule is CC(C)N(C)S(=O)(=O)N[C@@H](C)c1ccc(Cl)cc1Cl. The highest BCUT2D eigenvalue weighted by Gasteiger charge is 2.23. The van der Waals surface area contributed by atoms with Crippen molar-refractivity contribution in [1.82, 2.24) is 9.03 Å². The van der Waals surface area contributed by atoms with E-state index < -0.39 is 16.3 Å². The lowest BCUT2D eigenvalue weighted by atomic mass is 10.1. The van der Waals surface area contributed by atoms with E-state index in [1.807, 2.05) is 0 Å². The minimum Gasteiger partial charge on any atom is -0.195 e. The monoisotopic (exact) mass is 324 g/mol. The summed E-state index contributed by atoms with van der Waals surface area (Å²) >= 11 is 11.9. The van der Waals surface area contributed by atoms with E-state index >= 15 is 0 Å². The Balaban J connectivity index is 2.94. The Morgan fingerprint density at radius 3 is 2.26 bits per heavy atom. The van der Waals surface area contributed by atoms with Gasteiger partial charge >= 0.3 is 0 Å². The van der Waals surface area contributed by atoms with Crippen molar-refractivity contribution in [3.63, 3.8) is 0 Å². The summed E-state index contributed by atoms with van der Waals surface area (Å²) in [7, 11) is -2.01. The first-order chi connectivity index (χ1) is 8.65. The maximum atomic E-state index is 12.1. The van der Waals surface area contributed by atoms with Crippen LogP contribution in [0.5, 0.6) is 0 Å². The molecule has 0 heterocycles. The fraction of sp³-hybridized carbons (Fsp3) is 0.500. The van der Waals surface area contributed by atoms with E-state index in [-0.39, 0.29) is 6.04 Å². The highest BCUT2D eigenvalue weighted by molar-refractivity contribution is 7.87. The Morgan fingerprint density at radius 1 is 1.21 bits per heavy atom. The Labute approximate surface area is 124 Å². The predicted octanol–water partition coefficient (Wildman–Crippen LogP) is 3.23. The summed E-state index contributed by atoms with van der Waals surface area (Å²) < 4.78 is 28.0. The maximum Gasteiger partial charge on any atom is 0.279 e. The molecule has 0 aromatic heterocycles. The van der Waals surface area contributed by atoms with Gasteiger partial charge in [0.05, 0.1) is 0 Å². The maximum absolute atomic E-state index is 12.1. The van der Waals surface area contributed by atoms with Gasteiger partial charge in [0.15, 0.2) is 0 Å². The van der Waals surface area contributed by atoms with Gasteiger partial charge in [-0.1, -0.05) is 29.3 Å². The lowest BCUT2D eigenvalue weighted by Gasteiger charge is -2.24. The molecule has 0 unspecified atom stereocenters. The summed E-state index contributed by atoms with van der Waals surface area (Å²) in [5.74, 6) is 0. The molecule has 0 fully saturated rings. The second-order valence-corrected chi connectivity index (χ2v) is 7.23. The fourth-order valence-electron chi connectivity index (χ4n) is 1.50. The van der Waals surface area contributed by atoms with Crippen LogP contribution < -0.4 is 4.72 Å². The van der Waals surface area contributed by atoms with Crippen molar-refractivity contribution in [2.45, 2.75) is 32.9 Å². The molecular formula is C12H18Cl2N2O2S. The second kappa shape index (κ2) is 6.41. The van der Waals surface area contributed by atoms with Crippen LogP contribution in [-0.4, -0.2) is 25.8 Å². The Hall–Kier alpha value is -0.330. The molecule has 4 nitrogen and oxygen atoms in total. The number of benzene rings is 1. The quantitative estimate of drug-likeness (QED) is 0.903. The molecule has 0 spiro atoms. The van der Waals surface area contributed by atoms with Crippen molar-refractivity contribution < 1.29 is 8.42 Å². The normalized spacial score (nSPS) is 14.1. The number of halogens is 2. The zero-order valence-electron chi connectivity index (χ0n) is 11.3. The average Bonchev–Trinajstić information content (AvgIpc) is 2.26. The topological polar surface area (TPSA) is 49.4 Å². The van der Waals surface area contributed by atoms with E-state index in [4.69, 9.17) is 23.2 Å². The Morgan fingerprint density at radius 2 is 1.79 bits per heavy atom. The van der Waals surface area contributed by atoms with Gasteiger partial charge in [-0.05, 0) is 38.5 Å². The van der Waals surface area contributed by atoms with Gasteiger partial charge in [-0.3, -0.25) is 0 Å². The van der Waals surface area contributed by atoms with Crippen molar-refractivity contribution in [1.29, 1.82) is 0 Å². The van der Waals surface area contributed by atoms with Crippen LogP contribution in [0.2, 0.25) is 10.0 Å². The van der Waals surface area contributed by atoms with Crippen LogP contribution in [0.4, 0.5) is 0 Å². The molecule has 0 saturated heterocycles. The molecule has 1 rings (SSSR count). The van der Waals surface area contributed by atoms with Crippen molar-refractivity contribution in [3.8, 4) is 0 Å². The summed E-state index contributed by atoms with van der Waals surface area (Å²) in [4.78, 5) is 0. The van der Waals surface area contributed by atoms with Crippen molar-refractivity contribution in [3.05, 3.63) is 33.8 Å². The van der Waals surface area contributed by atoms with Gasteiger partial charge in [-0.2, -0.15) is 17.4 Å². The van der Waals surface area contributed by atoms with Gasteiger partial charge in [-0.25, -0.2) is 0 Å². The number of nitrogens with one attached hydrogen (secondary N) is 1. The van der Waals surface area contributed by atoms with Crippen molar-refractivity contribution in [2.75, 3.05) is 7.05 Å². The summed E-state index contributed by atoms with van der Waals surface area (Å²) in [5, 5.41) is 0.956. The third-order valence-electron chi connectivity index (χ3n) is 2.86.